The molecule has 3 fully saturated rings. The summed E-state index contributed by atoms with van der Waals surface area (Å²) < 4.78 is 3.06. The first-order valence-corrected chi connectivity index (χ1v) is 7.67. The molecule has 0 amide bonds. The molecule has 4 heterocycles. The Hall–Kier alpha value is -0.470. The van der Waals surface area contributed by atoms with Crippen LogP contribution in [0.1, 0.15) is 18.7 Å². The van der Waals surface area contributed by atoms with Gasteiger partial charge in [0, 0.05) is 45.3 Å². The lowest BCUT2D eigenvalue weighted by Crippen LogP contribution is -2.64. The zero-order valence-electron chi connectivity index (χ0n) is 11.2. The fraction of sp³-hybridized carbons (Fsp3) is 0.750. The number of halogens is 1. The zero-order chi connectivity index (χ0) is 13.4. The van der Waals surface area contributed by atoms with Crippen molar-refractivity contribution in [2.24, 2.45) is 5.84 Å². The zero-order valence-corrected chi connectivity index (χ0v) is 12.8. The molecular weight excluding hydrogens is 308 g/mol. The van der Waals surface area contributed by atoms with Crippen LogP contribution in [0.3, 0.4) is 0 Å². The number of nitrogens with one attached hydrogen (secondary N) is 1. The van der Waals surface area contributed by atoms with Crippen LogP contribution < -0.4 is 11.3 Å². The van der Waals surface area contributed by atoms with E-state index in [-0.39, 0.29) is 6.04 Å². The minimum absolute atomic E-state index is 0.111. The van der Waals surface area contributed by atoms with Crippen LogP contribution in [0.5, 0.6) is 0 Å². The first-order valence-electron chi connectivity index (χ1n) is 6.88. The maximum absolute atomic E-state index is 5.86. The van der Waals surface area contributed by atoms with E-state index in [1.165, 1.54) is 13.1 Å². The van der Waals surface area contributed by atoms with Gasteiger partial charge in [0.25, 0.3) is 0 Å². The van der Waals surface area contributed by atoms with Crippen LogP contribution in [0.2, 0.25) is 0 Å². The predicted molar refractivity (Wildman–Crippen MR) is 77.5 cm³/mol. The molecular formula is C12H21BrN6. The van der Waals surface area contributed by atoms with Crippen LogP contribution in [0.4, 0.5) is 0 Å². The molecule has 2 atom stereocenters. The van der Waals surface area contributed by atoms with Crippen molar-refractivity contribution in [2.75, 3.05) is 32.7 Å². The molecule has 2 bridgehead atoms. The Kier molecular flexibility index (Phi) is 3.91. The molecule has 4 rings (SSSR count). The number of aromatic nitrogens is 2. The summed E-state index contributed by atoms with van der Waals surface area (Å²) in [4.78, 5) is 5.07. The van der Waals surface area contributed by atoms with Gasteiger partial charge in [0.15, 0.2) is 0 Å². The number of fused-ring (bicyclic) bond motifs is 3. The molecule has 3 aliphatic heterocycles. The molecule has 0 aliphatic carbocycles. The number of hydrogen-bond donors (Lipinski definition) is 2. The van der Waals surface area contributed by atoms with E-state index in [0.717, 1.165) is 36.3 Å². The molecule has 3 N–H and O–H groups in total. The minimum atomic E-state index is 0.111. The maximum atomic E-state index is 5.86. The Labute approximate surface area is 122 Å². The van der Waals surface area contributed by atoms with Gasteiger partial charge in [-0.3, -0.25) is 20.3 Å². The van der Waals surface area contributed by atoms with Crippen molar-refractivity contribution in [2.45, 2.75) is 25.6 Å². The lowest BCUT2D eigenvalue weighted by atomic mass is 9.98. The Balaban J connectivity index is 1.90. The van der Waals surface area contributed by atoms with Crippen LogP contribution in [0.25, 0.3) is 0 Å². The van der Waals surface area contributed by atoms with Gasteiger partial charge in [-0.1, -0.05) is 0 Å². The number of piperazine rings is 3. The standard InChI is InChI=1S/C12H21BrN6/c1-2-19-12(9(13)7-15-19)11(16-14)10-8-17-3-5-18(10)6-4-17/h7,10-11,16H,2-6,8,14H2,1H3. The highest BCUT2D eigenvalue weighted by atomic mass is 79.9. The molecule has 1 aromatic rings. The number of hydrogen-bond acceptors (Lipinski definition) is 5. The van der Waals surface area contributed by atoms with E-state index in [1.807, 2.05) is 10.9 Å². The smallest absolute Gasteiger partial charge is 0.0807 e. The van der Waals surface area contributed by atoms with Gasteiger partial charge in [0.2, 0.25) is 0 Å². The molecule has 3 saturated heterocycles. The van der Waals surface area contributed by atoms with E-state index in [9.17, 15) is 0 Å². The van der Waals surface area contributed by atoms with Crippen molar-refractivity contribution >= 4 is 15.9 Å². The van der Waals surface area contributed by atoms with E-state index >= 15 is 0 Å². The first-order chi connectivity index (χ1) is 9.24. The molecule has 0 spiro atoms. The lowest BCUT2D eigenvalue weighted by molar-refractivity contribution is -0.00509. The average molecular weight is 329 g/mol. The summed E-state index contributed by atoms with van der Waals surface area (Å²) in [6, 6.07) is 0.533. The SMILES string of the molecule is CCn1ncc(Br)c1C(NN)C1CN2CCN1CC2. The molecule has 19 heavy (non-hydrogen) atoms. The van der Waals surface area contributed by atoms with E-state index in [1.54, 1.807) is 0 Å². The summed E-state index contributed by atoms with van der Waals surface area (Å²) in [6.07, 6.45) is 1.86. The predicted octanol–water partition coefficient (Wildman–Crippen LogP) is 0.170. The Bertz CT molecular complexity index is 439. The molecule has 0 saturated carbocycles. The van der Waals surface area contributed by atoms with Crippen molar-refractivity contribution in [3.63, 3.8) is 0 Å². The monoisotopic (exact) mass is 328 g/mol. The van der Waals surface area contributed by atoms with Crippen LogP contribution in [-0.4, -0.2) is 58.3 Å². The highest BCUT2D eigenvalue weighted by Crippen LogP contribution is 2.31. The highest BCUT2D eigenvalue weighted by molar-refractivity contribution is 9.10. The van der Waals surface area contributed by atoms with Gasteiger partial charge in [-0.2, -0.15) is 5.10 Å². The number of nitrogens with zero attached hydrogens (tertiary/aromatic N) is 4. The molecule has 2 unspecified atom stereocenters. The molecule has 3 aliphatic rings. The van der Waals surface area contributed by atoms with Crippen LogP contribution in [0.15, 0.2) is 10.7 Å². The molecule has 1 aromatic heterocycles. The second-order valence-corrected chi connectivity index (χ2v) is 6.10. The van der Waals surface area contributed by atoms with Gasteiger partial charge in [0.1, 0.15) is 0 Å². The first kappa shape index (κ1) is 13.5. The van der Waals surface area contributed by atoms with Gasteiger partial charge in [-0.05, 0) is 22.9 Å². The van der Waals surface area contributed by atoms with Crippen molar-refractivity contribution in [1.82, 2.24) is 25.0 Å². The highest BCUT2D eigenvalue weighted by Gasteiger charge is 2.38. The topological polar surface area (TPSA) is 62.4 Å². The number of aryl methyl sites for hydroxylation is 1. The number of rotatable bonds is 4. The molecule has 6 nitrogen and oxygen atoms in total. The molecule has 0 aromatic carbocycles. The summed E-state index contributed by atoms with van der Waals surface area (Å²) in [5.41, 5.74) is 4.17. The van der Waals surface area contributed by atoms with Crippen LogP contribution >= 0.6 is 15.9 Å². The number of nitrogens with two attached hydrogens (primary N) is 1. The molecule has 7 heteroatoms. The fourth-order valence-electron chi connectivity index (χ4n) is 3.28. The summed E-state index contributed by atoms with van der Waals surface area (Å²) >= 11 is 3.61. The largest absolute Gasteiger partial charge is 0.299 e. The average Bonchev–Trinajstić information content (AvgIpc) is 2.83. The van der Waals surface area contributed by atoms with Crippen molar-refractivity contribution < 1.29 is 0 Å². The van der Waals surface area contributed by atoms with Gasteiger partial charge in [-0.25, -0.2) is 5.43 Å². The minimum Gasteiger partial charge on any atom is -0.299 e. The van der Waals surface area contributed by atoms with E-state index in [0.29, 0.717) is 6.04 Å². The Morgan fingerprint density at radius 2 is 2.21 bits per heavy atom. The maximum Gasteiger partial charge on any atom is 0.0807 e. The van der Waals surface area contributed by atoms with Gasteiger partial charge in [0.05, 0.1) is 22.4 Å². The van der Waals surface area contributed by atoms with E-state index in [4.69, 9.17) is 5.84 Å². The second kappa shape index (κ2) is 5.49. The molecule has 0 radical (unpaired) electrons. The fourth-order valence-corrected chi connectivity index (χ4v) is 3.82. The van der Waals surface area contributed by atoms with Gasteiger partial charge in [-0.15, -0.1) is 0 Å². The Morgan fingerprint density at radius 3 is 2.74 bits per heavy atom. The Morgan fingerprint density at radius 1 is 1.47 bits per heavy atom. The normalized spacial score (nSPS) is 31.6. The summed E-state index contributed by atoms with van der Waals surface area (Å²) in [5, 5.41) is 4.40. The van der Waals surface area contributed by atoms with Crippen LogP contribution in [-0.2, 0) is 6.54 Å². The van der Waals surface area contributed by atoms with E-state index in [2.05, 4.69) is 43.2 Å². The van der Waals surface area contributed by atoms with Gasteiger partial charge < -0.3 is 0 Å². The molecule has 106 valence electrons. The van der Waals surface area contributed by atoms with Gasteiger partial charge >= 0.3 is 0 Å². The third-order valence-corrected chi connectivity index (χ3v) is 4.92. The number of hydrazine groups is 1. The summed E-state index contributed by atoms with van der Waals surface area (Å²) in [6.45, 7) is 8.69. The third-order valence-electron chi connectivity index (χ3n) is 4.31. The van der Waals surface area contributed by atoms with Crippen molar-refractivity contribution in [1.29, 1.82) is 0 Å². The van der Waals surface area contributed by atoms with Crippen LogP contribution in [0, 0.1) is 0 Å². The summed E-state index contributed by atoms with van der Waals surface area (Å²) in [7, 11) is 0. The van der Waals surface area contributed by atoms with Crippen molar-refractivity contribution in [3.8, 4) is 0 Å². The lowest BCUT2D eigenvalue weighted by Gasteiger charge is -2.50. The summed E-state index contributed by atoms with van der Waals surface area (Å²) in [5.74, 6) is 5.86. The quantitative estimate of drug-likeness (QED) is 0.609. The van der Waals surface area contributed by atoms with Crippen molar-refractivity contribution in [3.05, 3.63) is 16.4 Å². The third kappa shape index (κ3) is 2.34. The second-order valence-electron chi connectivity index (χ2n) is 5.24. The van der Waals surface area contributed by atoms with E-state index < -0.39 is 0 Å².